The van der Waals surface area contributed by atoms with Gasteiger partial charge in [0.15, 0.2) is 0 Å². The number of rotatable bonds is 5. The molecular weight excluding hydrogens is 280 g/mol. The number of methoxy groups -OCH3 is 1. The van der Waals surface area contributed by atoms with Gasteiger partial charge in [0.05, 0.1) is 0 Å². The molecule has 6 nitrogen and oxygen atoms in total. The fourth-order valence-corrected chi connectivity index (χ4v) is 2.15. The number of hydrogen-bond acceptors (Lipinski definition) is 6. The third-order valence-corrected chi connectivity index (χ3v) is 3.38. The van der Waals surface area contributed by atoms with Gasteiger partial charge in [-0.3, -0.25) is 9.97 Å². The summed E-state index contributed by atoms with van der Waals surface area (Å²) in [5, 5.41) is 3.97. The predicted octanol–water partition coefficient (Wildman–Crippen LogP) is 3.29. The Bertz CT molecular complexity index is 721. The Balaban J connectivity index is 1.84. The molecule has 0 amide bonds. The second kappa shape index (κ2) is 6.44. The maximum atomic E-state index is 5.29. The quantitative estimate of drug-likeness (QED) is 0.719. The molecule has 22 heavy (non-hydrogen) atoms. The number of pyridine rings is 2. The molecule has 0 saturated heterocycles. The SMILES string of the molecule is CCC(OC)c1nc(-c2ccc(-c3ccncc3)cn2)no1. The van der Waals surface area contributed by atoms with Crippen molar-refractivity contribution in [2.45, 2.75) is 19.4 Å². The molecule has 0 spiro atoms. The summed E-state index contributed by atoms with van der Waals surface area (Å²) in [5.74, 6) is 0.937. The van der Waals surface area contributed by atoms with Crippen LogP contribution in [0, 0.1) is 0 Å². The van der Waals surface area contributed by atoms with Crippen LogP contribution in [0.3, 0.4) is 0 Å². The fraction of sp³-hybridized carbons (Fsp3) is 0.250. The van der Waals surface area contributed by atoms with Crippen molar-refractivity contribution >= 4 is 0 Å². The number of ether oxygens (including phenoxy) is 1. The molecule has 0 N–H and O–H groups in total. The molecule has 1 unspecified atom stereocenters. The van der Waals surface area contributed by atoms with Crippen molar-refractivity contribution in [2.75, 3.05) is 7.11 Å². The van der Waals surface area contributed by atoms with E-state index in [0.29, 0.717) is 17.4 Å². The van der Waals surface area contributed by atoms with Crippen LogP contribution in [0.1, 0.15) is 25.3 Å². The van der Waals surface area contributed by atoms with Gasteiger partial charge in [-0.25, -0.2) is 0 Å². The van der Waals surface area contributed by atoms with Crippen molar-refractivity contribution in [1.82, 2.24) is 20.1 Å². The minimum atomic E-state index is -0.183. The van der Waals surface area contributed by atoms with Gasteiger partial charge in [-0.05, 0) is 30.2 Å². The summed E-state index contributed by atoms with van der Waals surface area (Å²) in [6.45, 7) is 2.00. The van der Waals surface area contributed by atoms with E-state index in [2.05, 4.69) is 20.1 Å². The van der Waals surface area contributed by atoms with E-state index >= 15 is 0 Å². The van der Waals surface area contributed by atoms with Crippen LogP contribution < -0.4 is 0 Å². The van der Waals surface area contributed by atoms with Crippen LogP contribution in [-0.2, 0) is 4.74 Å². The zero-order chi connectivity index (χ0) is 15.4. The summed E-state index contributed by atoms with van der Waals surface area (Å²) in [4.78, 5) is 12.8. The first kappa shape index (κ1) is 14.3. The van der Waals surface area contributed by atoms with E-state index < -0.39 is 0 Å². The maximum absolute atomic E-state index is 5.29. The van der Waals surface area contributed by atoms with Crippen LogP contribution in [0.5, 0.6) is 0 Å². The van der Waals surface area contributed by atoms with Gasteiger partial charge in [-0.1, -0.05) is 18.1 Å². The smallest absolute Gasteiger partial charge is 0.256 e. The summed E-state index contributed by atoms with van der Waals surface area (Å²) in [6.07, 6.45) is 5.88. The van der Waals surface area contributed by atoms with Crippen molar-refractivity contribution in [1.29, 1.82) is 0 Å². The lowest BCUT2D eigenvalue weighted by atomic mass is 10.1. The average molecular weight is 296 g/mol. The van der Waals surface area contributed by atoms with Crippen LogP contribution in [0.15, 0.2) is 47.4 Å². The number of aromatic nitrogens is 4. The largest absolute Gasteiger partial charge is 0.372 e. The Morgan fingerprint density at radius 3 is 2.59 bits per heavy atom. The van der Waals surface area contributed by atoms with E-state index in [1.54, 1.807) is 25.7 Å². The Morgan fingerprint density at radius 1 is 1.14 bits per heavy atom. The molecule has 1 atom stereocenters. The van der Waals surface area contributed by atoms with E-state index in [-0.39, 0.29) is 6.10 Å². The van der Waals surface area contributed by atoms with Crippen LogP contribution in [0.4, 0.5) is 0 Å². The minimum absolute atomic E-state index is 0.183. The first-order valence-electron chi connectivity index (χ1n) is 7.05. The normalized spacial score (nSPS) is 12.3. The number of hydrogen-bond donors (Lipinski definition) is 0. The van der Waals surface area contributed by atoms with Crippen molar-refractivity contribution in [3.05, 3.63) is 48.7 Å². The lowest BCUT2D eigenvalue weighted by Crippen LogP contribution is -1.99. The molecule has 112 valence electrons. The monoisotopic (exact) mass is 296 g/mol. The minimum Gasteiger partial charge on any atom is -0.372 e. The molecular formula is C16H16N4O2. The van der Waals surface area contributed by atoms with Gasteiger partial charge in [0.25, 0.3) is 5.89 Å². The molecule has 3 aromatic rings. The third-order valence-electron chi connectivity index (χ3n) is 3.38. The van der Waals surface area contributed by atoms with Gasteiger partial charge in [-0.2, -0.15) is 4.98 Å². The third kappa shape index (κ3) is 2.87. The van der Waals surface area contributed by atoms with Crippen LogP contribution in [-0.4, -0.2) is 27.2 Å². The highest BCUT2D eigenvalue weighted by Gasteiger charge is 2.17. The fourth-order valence-electron chi connectivity index (χ4n) is 2.15. The van der Waals surface area contributed by atoms with E-state index in [0.717, 1.165) is 17.5 Å². The molecule has 0 aromatic carbocycles. The maximum Gasteiger partial charge on any atom is 0.256 e. The summed E-state index contributed by atoms with van der Waals surface area (Å²) in [6, 6.07) is 7.72. The van der Waals surface area contributed by atoms with Gasteiger partial charge in [0, 0.05) is 31.3 Å². The van der Waals surface area contributed by atoms with Gasteiger partial charge in [0.1, 0.15) is 11.8 Å². The van der Waals surface area contributed by atoms with E-state index in [4.69, 9.17) is 9.26 Å². The molecule has 0 saturated carbocycles. The lowest BCUT2D eigenvalue weighted by Gasteiger charge is -2.05. The second-order valence-electron chi connectivity index (χ2n) is 4.76. The first-order chi connectivity index (χ1) is 10.8. The molecule has 3 aromatic heterocycles. The topological polar surface area (TPSA) is 73.9 Å². The molecule has 3 heterocycles. The van der Waals surface area contributed by atoms with Crippen molar-refractivity contribution in [3.8, 4) is 22.6 Å². The van der Waals surface area contributed by atoms with Gasteiger partial charge < -0.3 is 9.26 Å². The van der Waals surface area contributed by atoms with E-state index in [1.807, 2.05) is 31.2 Å². The molecule has 0 aliphatic carbocycles. The Hall–Kier alpha value is -2.60. The van der Waals surface area contributed by atoms with Crippen molar-refractivity contribution in [3.63, 3.8) is 0 Å². The Labute approximate surface area is 128 Å². The van der Waals surface area contributed by atoms with Crippen molar-refractivity contribution < 1.29 is 9.26 Å². The highest BCUT2D eigenvalue weighted by molar-refractivity contribution is 5.63. The molecule has 0 fully saturated rings. The molecule has 6 heteroatoms. The zero-order valence-corrected chi connectivity index (χ0v) is 12.4. The predicted molar refractivity (Wildman–Crippen MR) is 80.8 cm³/mol. The molecule has 0 aliphatic heterocycles. The average Bonchev–Trinajstić information content (AvgIpc) is 3.07. The van der Waals surface area contributed by atoms with Crippen LogP contribution in [0.25, 0.3) is 22.6 Å². The summed E-state index contributed by atoms with van der Waals surface area (Å²) in [7, 11) is 1.62. The standard InChI is InChI=1S/C16H16N4O2/c1-3-14(21-2)16-19-15(20-22-16)13-5-4-12(10-18-13)11-6-8-17-9-7-11/h4-10,14H,3H2,1-2H3. The Kier molecular flexibility index (Phi) is 4.20. The summed E-state index contributed by atoms with van der Waals surface area (Å²) in [5.41, 5.74) is 2.74. The molecule has 0 radical (unpaired) electrons. The lowest BCUT2D eigenvalue weighted by molar-refractivity contribution is 0.0706. The van der Waals surface area contributed by atoms with E-state index in [1.165, 1.54) is 0 Å². The van der Waals surface area contributed by atoms with Gasteiger partial charge in [0.2, 0.25) is 5.82 Å². The summed E-state index contributed by atoms with van der Waals surface area (Å²) < 4.78 is 10.5. The number of nitrogens with zero attached hydrogens (tertiary/aromatic N) is 4. The van der Waals surface area contributed by atoms with Crippen LogP contribution >= 0.6 is 0 Å². The summed E-state index contributed by atoms with van der Waals surface area (Å²) >= 11 is 0. The van der Waals surface area contributed by atoms with Gasteiger partial charge >= 0.3 is 0 Å². The molecule has 3 rings (SSSR count). The Morgan fingerprint density at radius 2 is 1.95 bits per heavy atom. The highest BCUT2D eigenvalue weighted by Crippen LogP contribution is 2.23. The van der Waals surface area contributed by atoms with Gasteiger partial charge in [-0.15, -0.1) is 0 Å². The highest BCUT2D eigenvalue weighted by atomic mass is 16.5. The second-order valence-corrected chi connectivity index (χ2v) is 4.76. The zero-order valence-electron chi connectivity index (χ0n) is 12.4. The van der Waals surface area contributed by atoms with Crippen molar-refractivity contribution in [2.24, 2.45) is 0 Å². The van der Waals surface area contributed by atoms with Crippen LogP contribution in [0.2, 0.25) is 0 Å². The first-order valence-corrected chi connectivity index (χ1v) is 7.05. The van der Waals surface area contributed by atoms with E-state index in [9.17, 15) is 0 Å². The molecule has 0 aliphatic rings. The molecule has 0 bridgehead atoms.